The SMILES string of the molecule is CCCCCCCCC=CCCCCCCCC(=O)OC(N)=O.COc1cccc2c1C(=O)c1c(O)c3c(c(O)c1C2=O)C[C@@](O)(C(=O)CO)C[C@@H]3O[C@H]1C[C@H](N)[C@H](O)[C@H](C)O1. The molecule has 2 aromatic rings. The topological polar surface area (TPSA) is 275 Å². The van der Waals surface area contributed by atoms with Crippen LogP contribution < -0.4 is 16.2 Å². The first kappa shape index (κ1) is 49.9. The van der Waals surface area contributed by atoms with Crippen molar-refractivity contribution in [3.05, 3.63) is 63.7 Å². The number of hydrogen-bond acceptors (Lipinski definition) is 15. The number of primary amides is 1. The number of Topliss-reactive ketones (excluding diaryl/α,β-unsaturated/α-hetero) is 1. The molecule has 1 fully saturated rings. The molecule has 2 aliphatic carbocycles. The number of amides is 1. The fourth-order valence-electron chi connectivity index (χ4n) is 8.25. The first-order chi connectivity index (χ1) is 29.6. The Morgan fingerprint density at radius 2 is 1.52 bits per heavy atom. The van der Waals surface area contributed by atoms with Crippen LogP contribution >= 0.6 is 0 Å². The summed E-state index contributed by atoms with van der Waals surface area (Å²) in [4.78, 5) is 61.1. The van der Waals surface area contributed by atoms with Gasteiger partial charge in [-0.2, -0.15) is 0 Å². The Kier molecular flexibility index (Phi) is 19.1. The lowest BCUT2D eigenvalue weighted by Crippen LogP contribution is -2.53. The summed E-state index contributed by atoms with van der Waals surface area (Å²) < 4.78 is 21.3. The minimum Gasteiger partial charge on any atom is -0.507 e. The van der Waals surface area contributed by atoms with Crippen LogP contribution in [0.1, 0.15) is 166 Å². The third-order valence-electron chi connectivity index (χ3n) is 11.7. The van der Waals surface area contributed by atoms with Gasteiger partial charge < -0.3 is 55.9 Å². The van der Waals surface area contributed by atoms with Gasteiger partial charge in [0.2, 0.25) is 5.78 Å². The van der Waals surface area contributed by atoms with Gasteiger partial charge in [0.1, 0.15) is 29.5 Å². The molecule has 2 aromatic carbocycles. The number of aromatic hydroxyl groups is 2. The first-order valence-electron chi connectivity index (χ1n) is 21.7. The Morgan fingerprint density at radius 1 is 0.903 bits per heavy atom. The third kappa shape index (κ3) is 12.5. The minimum atomic E-state index is -2.24. The summed E-state index contributed by atoms with van der Waals surface area (Å²) >= 11 is 0. The molecule has 0 spiro atoms. The number of phenols is 2. The van der Waals surface area contributed by atoms with E-state index in [0.717, 1.165) is 25.7 Å². The predicted molar refractivity (Wildman–Crippen MR) is 227 cm³/mol. The van der Waals surface area contributed by atoms with Gasteiger partial charge in [-0.15, -0.1) is 0 Å². The molecule has 0 saturated carbocycles. The molecule has 6 atom stereocenters. The zero-order valence-electron chi connectivity index (χ0n) is 36.1. The Bertz CT molecular complexity index is 1920. The fraction of sp³-hybridized carbons (Fsp3) is 0.587. The molecular weight excluding hydrogens is 805 g/mol. The third-order valence-corrected chi connectivity index (χ3v) is 11.7. The molecule has 342 valence electrons. The Morgan fingerprint density at radius 3 is 2.11 bits per heavy atom. The molecule has 16 heteroatoms. The van der Waals surface area contributed by atoms with Crippen molar-refractivity contribution >= 4 is 29.4 Å². The van der Waals surface area contributed by atoms with E-state index in [-0.39, 0.29) is 40.8 Å². The molecule has 0 radical (unpaired) electrons. The molecular formula is C46H64N2O14. The van der Waals surface area contributed by atoms with Gasteiger partial charge in [-0.05, 0) is 45.1 Å². The van der Waals surface area contributed by atoms with Gasteiger partial charge in [-0.25, -0.2) is 4.79 Å². The summed E-state index contributed by atoms with van der Waals surface area (Å²) in [5.41, 5.74) is 7.13. The van der Waals surface area contributed by atoms with Gasteiger partial charge in [0, 0.05) is 48.4 Å². The van der Waals surface area contributed by atoms with Crippen LogP contribution in [-0.4, -0.2) is 98.8 Å². The number of aliphatic hydroxyl groups excluding tert-OH is 2. The van der Waals surface area contributed by atoms with E-state index in [1.54, 1.807) is 6.92 Å². The van der Waals surface area contributed by atoms with Crippen LogP contribution in [-0.2, 0) is 30.2 Å². The summed E-state index contributed by atoms with van der Waals surface area (Å²) in [7, 11) is 1.32. The van der Waals surface area contributed by atoms with Crippen molar-refractivity contribution in [1.82, 2.24) is 0 Å². The fourth-order valence-corrected chi connectivity index (χ4v) is 8.25. The average molecular weight is 869 g/mol. The molecule has 1 aliphatic heterocycles. The highest BCUT2D eigenvalue weighted by molar-refractivity contribution is 6.31. The van der Waals surface area contributed by atoms with Crippen LogP contribution in [0.15, 0.2) is 30.4 Å². The number of allylic oxidation sites excluding steroid dienone is 2. The van der Waals surface area contributed by atoms with Crippen LogP contribution in [0.25, 0.3) is 0 Å². The van der Waals surface area contributed by atoms with Crippen molar-refractivity contribution in [3.8, 4) is 17.2 Å². The van der Waals surface area contributed by atoms with Gasteiger partial charge in [-0.3, -0.25) is 19.2 Å². The second-order valence-electron chi connectivity index (χ2n) is 16.3. The van der Waals surface area contributed by atoms with Gasteiger partial charge in [0.25, 0.3) is 0 Å². The van der Waals surface area contributed by atoms with E-state index in [2.05, 4.69) is 23.8 Å². The lowest BCUT2D eigenvalue weighted by Gasteiger charge is -2.42. The van der Waals surface area contributed by atoms with Crippen molar-refractivity contribution in [2.45, 2.75) is 159 Å². The highest BCUT2D eigenvalue weighted by atomic mass is 16.7. The zero-order chi connectivity index (χ0) is 45.6. The van der Waals surface area contributed by atoms with Crippen LogP contribution in [0, 0.1) is 0 Å². The smallest absolute Gasteiger partial charge is 0.412 e. The number of aliphatic hydroxyl groups is 3. The minimum absolute atomic E-state index is 0.0173. The molecule has 0 bridgehead atoms. The average Bonchev–Trinajstić information content (AvgIpc) is 3.23. The van der Waals surface area contributed by atoms with Gasteiger partial charge in [0.15, 0.2) is 17.9 Å². The second-order valence-corrected chi connectivity index (χ2v) is 16.3. The van der Waals surface area contributed by atoms with E-state index >= 15 is 0 Å². The van der Waals surface area contributed by atoms with E-state index in [1.807, 2.05) is 0 Å². The van der Waals surface area contributed by atoms with Crippen LogP contribution in [0.3, 0.4) is 0 Å². The highest BCUT2D eigenvalue weighted by Gasteiger charge is 2.50. The largest absolute Gasteiger partial charge is 0.507 e. The van der Waals surface area contributed by atoms with Crippen LogP contribution in [0.4, 0.5) is 4.79 Å². The maximum atomic E-state index is 13.6. The number of hydrogen-bond donors (Lipinski definition) is 7. The Balaban J connectivity index is 0.000000316. The molecule has 62 heavy (non-hydrogen) atoms. The number of esters is 1. The van der Waals surface area contributed by atoms with Crippen molar-refractivity contribution in [2.75, 3.05) is 13.7 Å². The number of benzene rings is 2. The number of unbranched alkanes of at least 4 members (excludes halogenated alkanes) is 11. The van der Waals surface area contributed by atoms with Crippen molar-refractivity contribution in [1.29, 1.82) is 0 Å². The second kappa shape index (κ2) is 23.7. The Hall–Kier alpha value is -4.71. The molecule has 1 heterocycles. The van der Waals surface area contributed by atoms with Gasteiger partial charge >= 0.3 is 12.1 Å². The van der Waals surface area contributed by atoms with E-state index < -0.39 is 108 Å². The van der Waals surface area contributed by atoms with E-state index in [0.29, 0.717) is 0 Å². The number of phenolic OH excluding ortho intramolecular Hbond substituents is 2. The number of fused-ring (bicyclic) bond motifs is 3. The van der Waals surface area contributed by atoms with Gasteiger partial charge in [0.05, 0.1) is 42.1 Å². The number of nitrogens with two attached hydrogens (primary N) is 2. The standard InChI is InChI=1S/C27H29NO11.C19H35NO3/c1-10-22(31)13(28)6-17(38-10)39-15-8-27(36,16(30)9-29)7-12-19(15)26(35)21-20(24(12)33)23(32)11-4-3-5-14(37-2)18(11)25(21)34;1-2-3-4-5-6-7-8-9-10-11-12-13-14-15-16-17-18(21)23-19(20)22/h3-5,10,13,15,17,22,29,31,33,35-36H,6-9,28H2,1-2H3;9-10H,2-8,11-17H2,1H3,(H2,20,22)/t10-,13-,15-,17-,22+,27-;/m0./s1. The number of ketones is 3. The van der Waals surface area contributed by atoms with E-state index in [9.17, 15) is 49.5 Å². The maximum absolute atomic E-state index is 13.6. The van der Waals surface area contributed by atoms with Crippen LogP contribution in [0.5, 0.6) is 17.2 Å². The molecule has 5 rings (SSSR count). The molecule has 3 aliphatic rings. The Labute approximate surface area is 362 Å². The summed E-state index contributed by atoms with van der Waals surface area (Å²) in [5.74, 6) is -4.29. The highest BCUT2D eigenvalue weighted by Crippen LogP contribution is 2.52. The number of ether oxygens (including phenoxy) is 4. The summed E-state index contributed by atoms with van der Waals surface area (Å²) in [5, 5.41) is 53.7. The summed E-state index contributed by atoms with van der Waals surface area (Å²) in [6.07, 6.45) is 14.6. The number of methoxy groups -OCH3 is 1. The van der Waals surface area contributed by atoms with Crippen molar-refractivity contribution in [2.24, 2.45) is 11.5 Å². The lowest BCUT2D eigenvalue weighted by atomic mass is 9.72. The summed E-state index contributed by atoms with van der Waals surface area (Å²) in [6, 6.07) is 3.64. The molecule has 16 nitrogen and oxygen atoms in total. The molecule has 0 aromatic heterocycles. The molecule has 1 amide bonds. The quantitative estimate of drug-likeness (QED) is 0.0238. The zero-order valence-corrected chi connectivity index (χ0v) is 36.1. The molecule has 1 saturated heterocycles. The normalized spacial score (nSPS) is 22.9. The number of carbonyl (C=O) groups is 5. The van der Waals surface area contributed by atoms with E-state index in [1.165, 1.54) is 83.1 Å². The van der Waals surface area contributed by atoms with Crippen molar-refractivity contribution in [3.63, 3.8) is 0 Å². The lowest BCUT2D eigenvalue weighted by molar-refractivity contribution is -0.247. The van der Waals surface area contributed by atoms with Crippen molar-refractivity contribution < 1.29 is 68.5 Å². The first-order valence-corrected chi connectivity index (χ1v) is 21.7. The van der Waals surface area contributed by atoms with E-state index in [4.69, 9.17) is 25.7 Å². The van der Waals surface area contributed by atoms with Gasteiger partial charge in [-0.1, -0.05) is 82.6 Å². The number of carbonyl (C=O) groups excluding carboxylic acids is 5. The maximum Gasteiger partial charge on any atom is 0.412 e. The molecule has 9 N–H and O–H groups in total. The predicted octanol–water partition coefficient (Wildman–Crippen LogP) is 5.65. The van der Waals surface area contributed by atoms with Crippen LogP contribution in [0.2, 0.25) is 0 Å². The summed E-state index contributed by atoms with van der Waals surface area (Å²) in [6.45, 7) is 2.81. The monoisotopic (exact) mass is 868 g/mol. The molecule has 0 unspecified atom stereocenters. The number of rotatable bonds is 20.